The first-order chi connectivity index (χ1) is 6.74. The van der Waals surface area contributed by atoms with Crippen molar-refractivity contribution in [3.8, 4) is 0 Å². The van der Waals surface area contributed by atoms with E-state index in [2.05, 4.69) is 27.0 Å². The molecule has 0 atom stereocenters. The number of thioether (sulfide) groups is 2. The van der Waals surface area contributed by atoms with E-state index in [9.17, 15) is 0 Å². The van der Waals surface area contributed by atoms with Gasteiger partial charge in [-0.2, -0.15) is 36.4 Å². The quantitative estimate of drug-likeness (QED) is 0.528. The van der Waals surface area contributed by atoms with Gasteiger partial charge in [0.05, 0.1) is 0 Å². The van der Waals surface area contributed by atoms with Crippen molar-refractivity contribution in [2.45, 2.75) is 33.1 Å². The Kier molecular flexibility index (Phi) is 61.5. The molecule has 90 valence electrons. The van der Waals surface area contributed by atoms with Crippen molar-refractivity contribution in [3.05, 3.63) is 20.8 Å². The molecule has 0 aromatic rings. The fraction of sp³-hybridized carbons (Fsp3) is 0.750. The Labute approximate surface area is 132 Å². The van der Waals surface area contributed by atoms with Gasteiger partial charge < -0.3 is 20.8 Å². The van der Waals surface area contributed by atoms with Gasteiger partial charge >= 0.3 is 32.7 Å². The van der Waals surface area contributed by atoms with Crippen LogP contribution in [-0.4, -0.2) is 23.5 Å². The molecule has 3 heteroatoms. The molecule has 0 aromatic heterocycles. The number of hydrogen-bond acceptors (Lipinski definition) is 2. The first-order valence-corrected chi connectivity index (χ1v) is 7.74. The van der Waals surface area contributed by atoms with Crippen molar-refractivity contribution in [2.75, 3.05) is 23.5 Å². The van der Waals surface area contributed by atoms with E-state index in [-0.39, 0.29) is 32.7 Å². The maximum Gasteiger partial charge on any atom is 3.00 e. The van der Waals surface area contributed by atoms with Crippen molar-refractivity contribution in [1.29, 1.82) is 0 Å². The molecule has 0 fully saturated rings. The molecule has 0 rings (SSSR count). The summed E-state index contributed by atoms with van der Waals surface area (Å²) in [4.78, 5) is 0. The molecule has 0 saturated carbocycles. The largest absolute Gasteiger partial charge is 3.00 e. The van der Waals surface area contributed by atoms with Crippen LogP contribution in [0.25, 0.3) is 0 Å². The molecule has 0 aliphatic carbocycles. The topological polar surface area (TPSA) is 0 Å². The van der Waals surface area contributed by atoms with Crippen LogP contribution in [0.15, 0.2) is 0 Å². The minimum absolute atomic E-state index is 0. The summed E-state index contributed by atoms with van der Waals surface area (Å²) in [5, 5.41) is 0. The molecule has 0 aromatic carbocycles. The van der Waals surface area contributed by atoms with Gasteiger partial charge in [0.25, 0.3) is 0 Å². The van der Waals surface area contributed by atoms with Gasteiger partial charge in [0.2, 0.25) is 0 Å². The molecule has 0 unspecified atom stereocenters. The summed E-state index contributed by atoms with van der Waals surface area (Å²) in [6, 6.07) is 0. The van der Waals surface area contributed by atoms with Crippen molar-refractivity contribution >= 4 is 23.5 Å². The summed E-state index contributed by atoms with van der Waals surface area (Å²) < 4.78 is 0. The van der Waals surface area contributed by atoms with Crippen molar-refractivity contribution < 1.29 is 32.7 Å². The molecule has 0 radical (unpaired) electrons. The van der Waals surface area contributed by atoms with Gasteiger partial charge in [0, 0.05) is 0 Å². The van der Waals surface area contributed by atoms with E-state index >= 15 is 0 Å². The first-order valence-electron chi connectivity index (χ1n) is 5.19. The predicted molar refractivity (Wildman–Crippen MR) is 77.0 cm³/mol. The van der Waals surface area contributed by atoms with Gasteiger partial charge in [0.1, 0.15) is 0 Å². The molecule has 0 aliphatic rings. The SMILES string of the molecule is [CH2-]CC.[CH2-]CC.[CH2-]CSCCCSC.[Y+3]. The Bertz CT molecular complexity index is 53.6. The van der Waals surface area contributed by atoms with Crippen LogP contribution in [0.5, 0.6) is 0 Å². The second-order valence-corrected chi connectivity index (χ2v) is 4.67. The van der Waals surface area contributed by atoms with E-state index in [1.807, 2.05) is 37.4 Å². The zero-order valence-corrected chi connectivity index (χ0v) is 15.2. The molecule has 0 amide bonds. The molecule has 0 saturated heterocycles. The van der Waals surface area contributed by atoms with Crippen molar-refractivity contribution in [1.82, 2.24) is 0 Å². The van der Waals surface area contributed by atoms with E-state index in [1.54, 1.807) is 0 Å². The molecule has 0 aliphatic heterocycles. The Balaban J connectivity index is -0.0000000733. The fourth-order valence-electron chi connectivity index (χ4n) is 0.407. The van der Waals surface area contributed by atoms with E-state index in [4.69, 9.17) is 0 Å². The zero-order chi connectivity index (χ0) is 11.7. The predicted octanol–water partition coefficient (Wildman–Crippen LogP) is 4.77. The molecule has 0 spiro atoms. The Morgan fingerprint density at radius 3 is 1.60 bits per heavy atom. The monoisotopic (exact) mass is 324 g/mol. The maximum atomic E-state index is 3.74. The second kappa shape index (κ2) is 36.0. The van der Waals surface area contributed by atoms with Gasteiger partial charge in [-0.3, -0.25) is 0 Å². The molecular formula is C12H27S2Y. The van der Waals surface area contributed by atoms with Gasteiger partial charge in [-0.15, -0.1) is 5.75 Å². The van der Waals surface area contributed by atoms with Crippen LogP contribution in [-0.2, 0) is 32.7 Å². The normalized spacial score (nSPS) is 7.60. The molecule has 0 N–H and O–H groups in total. The summed E-state index contributed by atoms with van der Waals surface area (Å²) in [6.07, 6.45) is 5.48. The first kappa shape index (κ1) is 25.6. The van der Waals surface area contributed by atoms with Crippen LogP contribution < -0.4 is 0 Å². The third-order valence-electron chi connectivity index (χ3n) is 0.781. The summed E-state index contributed by atoms with van der Waals surface area (Å²) in [5.74, 6) is 3.60. The van der Waals surface area contributed by atoms with Crippen LogP contribution in [0.2, 0.25) is 0 Å². The van der Waals surface area contributed by atoms with E-state index in [0.29, 0.717) is 0 Å². The van der Waals surface area contributed by atoms with Crippen molar-refractivity contribution in [2.24, 2.45) is 0 Å². The van der Waals surface area contributed by atoms with E-state index in [0.717, 1.165) is 18.6 Å². The Morgan fingerprint density at radius 1 is 0.933 bits per heavy atom. The number of hydrogen-bond donors (Lipinski definition) is 0. The van der Waals surface area contributed by atoms with Crippen LogP contribution in [0.1, 0.15) is 33.1 Å². The van der Waals surface area contributed by atoms with Crippen LogP contribution in [0.4, 0.5) is 0 Å². The summed E-state index contributed by atoms with van der Waals surface area (Å²) >= 11 is 3.84. The van der Waals surface area contributed by atoms with Crippen LogP contribution in [0.3, 0.4) is 0 Å². The Hall–Kier alpha value is 1.80. The standard InChI is InChI=1S/C6H13S2.2C3H7.Y/c1-3-8-6-4-5-7-2;2*1-3-2;/h1,3-6H2,2H3;2*1,3H2,2H3;/q3*-1;+3. The van der Waals surface area contributed by atoms with Crippen LogP contribution in [0, 0.1) is 20.8 Å². The van der Waals surface area contributed by atoms with E-state index in [1.165, 1.54) is 17.9 Å². The minimum atomic E-state index is 0. The average molecular weight is 324 g/mol. The molecule has 0 nitrogen and oxygen atoms in total. The fourth-order valence-corrected chi connectivity index (χ4v) is 1.58. The minimum Gasteiger partial charge on any atom is -0.344 e. The van der Waals surface area contributed by atoms with Crippen molar-refractivity contribution in [3.63, 3.8) is 0 Å². The molecular weight excluding hydrogens is 297 g/mol. The number of rotatable bonds is 5. The van der Waals surface area contributed by atoms with Gasteiger partial charge in [-0.1, -0.05) is 13.8 Å². The second-order valence-electron chi connectivity index (χ2n) is 2.46. The molecule has 0 heterocycles. The smallest absolute Gasteiger partial charge is 0.344 e. The maximum absolute atomic E-state index is 3.74. The van der Waals surface area contributed by atoms with Gasteiger partial charge in [-0.05, 0) is 24.2 Å². The zero-order valence-electron chi connectivity index (χ0n) is 10.8. The summed E-state index contributed by atoms with van der Waals surface area (Å²) in [6.45, 7) is 14.7. The molecule has 15 heavy (non-hydrogen) atoms. The summed E-state index contributed by atoms with van der Waals surface area (Å²) in [5.41, 5.74) is 0. The third-order valence-corrected chi connectivity index (χ3v) is 2.34. The van der Waals surface area contributed by atoms with E-state index < -0.39 is 0 Å². The average Bonchev–Trinajstić information content (AvgIpc) is 2.15. The van der Waals surface area contributed by atoms with Gasteiger partial charge in [0.15, 0.2) is 0 Å². The molecule has 0 bridgehead atoms. The van der Waals surface area contributed by atoms with Gasteiger partial charge in [-0.25, -0.2) is 0 Å². The Morgan fingerprint density at radius 2 is 1.33 bits per heavy atom. The van der Waals surface area contributed by atoms with Crippen LogP contribution >= 0.6 is 23.5 Å². The third kappa shape index (κ3) is 65.1. The summed E-state index contributed by atoms with van der Waals surface area (Å²) in [7, 11) is 0.